The lowest BCUT2D eigenvalue weighted by molar-refractivity contribution is -0.110. The Balaban J connectivity index is 1.86. The van der Waals surface area contributed by atoms with E-state index in [2.05, 4.69) is 10.3 Å². The molecule has 1 amide bonds. The zero-order valence-corrected chi connectivity index (χ0v) is 12.5. The van der Waals surface area contributed by atoms with Crippen LogP contribution < -0.4 is 5.32 Å². The van der Waals surface area contributed by atoms with Gasteiger partial charge in [0.15, 0.2) is 0 Å². The van der Waals surface area contributed by atoms with Gasteiger partial charge in [-0.3, -0.25) is 4.79 Å². The third-order valence-corrected chi connectivity index (χ3v) is 4.50. The molecule has 1 aromatic carbocycles. The zero-order chi connectivity index (χ0) is 16.0. The highest BCUT2D eigenvalue weighted by atomic mass is 16.3. The molecule has 1 aliphatic heterocycles. The van der Waals surface area contributed by atoms with Crippen molar-refractivity contribution in [3.63, 3.8) is 0 Å². The number of carbonyl (C=O) groups excluding carboxylic acids is 1. The van der Waals surface area contributed by atoms with E-state index in [4.69, 9.17) is 0 Å². The van der Waals surface area contributed by atoms with Crippen LogP contribution in [0.2, 0.25) is 0 Å². The Morgan fingerprint density at radius 3 is 2.78 bits per heavy atom. The number of phenols is 2. The number of amides is 1. The van der Waals surface area contributed by atoms with Crippen LogP contribution in [0.15, 0.2) is 24.4 Å². The molecule has 0 atom stereocenters. The molecule has 0 bridgehead atoms. The largest absolute Gasteiger partial charge is 0.508 e. The summed E-state index contributed by atoms with van der Waals surface area (Å²) in [5.74, 6) is 0.616. The molecule has 4 rings (SSSR count). The summed E-state index contributed by atoms with van der Waals surface area (Å²) >= 11 is 0. The smallest absolute Gasteiger partial charge is 0.257 e. The number of benzene rings is 1. The SMILES string of the molecule is O=C1Nc2ncccc2C1=Cc1cc(O)c2c(c1O)CCCC2. The third-order valence-electron chi connectivity index (χ3n) is 4.50. The van der Waals surface area contributed by atoms with Gasteiger partial charge in [0.1, 0.15) is 17.3 Å². The van der Waals surface area contributed by atoms with Crippen LogP contribution in [-0.2, 0) is 17.6 Å². The molecule has 2 heterocycles. The molecular weight excluding hydrogens is 292 g/mol. The number of aromatic hydroxyl groups is 2. The van der Waals surface area contributed by atoms with Crippen LogP contribution in [0.3, 0.4) is 0 Å². The summed E-state index contributed by atoms with van der Waals surface area (Å²) in [4.78, 5) is 16.3. The fourth-order valence-electron chi connectivity index (χ4n) is 3.35. The van der Waals surface area contributed by atoms with E-state index in [-0.39, 0.29) is 17.4 Å². The highest BCUT2D eigenvalue weighted by Crippen LogP contribution is 2.40. The molecule has 0 radical (unpaired) electrons. The maximum Gasteiger partial charge on any atom is 0.257 e. The van der Waals surface area contributed by atoms with Gasteiger partial charge >= 0.3 is 0 Å². The quantitative estimate of drug-likeness (QED) is 0.559. The van der Waals surface area contributed by atoms with Crippen molar-refractivity contribution in [3.05, 3.63) is 46.6 Å². The average Bonchev–Trinajstić information content (AvgIpc) is 2.88. The van der Waals surface area contributed by atoms with Crippen molar-refractivity contribution in [2.45, 2.75) is 25.7 Å². The van der Waals surface area contributed by atoms with Crippen LogP contribution in [0, 0.1) is 0 Å². The second-order valence-electron chi connectivity index (χ2n) is 5.91. The topological polar surface area (TPSA) is 82.5 Å². The number of hydrogen-bond acceptors (Lipinski definition) is 4. The van der Waals surface area contributed by atoms with E-state index >= 15 is 0 Å². The van der Waals surface area contributed by atoms with Crippen LogP contribution in [0.5, 0.6) is 11.5 Å². The predicted molar refractivity (Wildman–Crippen MR) is 87.2 cm³/mol. The number of anilines is 1. The summed E-state index contributed by atoms with van der Waals surface area (Å²) in [6, 6.07) is 5.10. The van der Waals surface area contributed by atoms with Crippen LogP contribution in [-0.4, -0.2) is 21.1 Å². The van der Waals surface area contributed by atoms with Crippen molar-refractivity contribution in [3.8, 4) is 11.5 Å². The van der Waals surface area contributed by atoms with Crippen molar-refractivity contribution in [1.29, 1.82) is 0 Å². The lowest BCUT2D eigenvalue weighted by Gasteiger charge is -2.19. The summed E-state index contributed by atoms with van der Waals surface area (Å²) in [7, 11) is 0. The first-order valence-electron chi connectivity index (χ1n) is 7.70. The molecular formula is C18H16N2O3. The number of pyridine rings is 1. The number of hydrogen-bond donors (Lipinski definition) is 3. The number of fused-ring (bicyclic) bond motifs is 2. The van der Waals surface area contributed by atoms with Gasteiger partial charge in [-0.25, -0.2) is 4.98 Å². The van der Waals surface area contributed by atoms with Gasteiger partial charge in [-0.05, 0) is 50.0 Å². The molecule has 3 N–H and O–H groups in total. The summed E-state index contributed by atoms with van der Waals surface area (Å²) in [6.45, 7) is 0. The summed E-state index contributed by atoms with van der Waals surface area (Å²) < 4.78 is 0. The molecule has 0 spiro atoms. The third kappa shape index (κ3) is 2.16. The lowest BCUT2D eigenvalue weighted by Crippen LogP contribution is -2.05. The minimum atomic E-state index is -0.254. The standard InChI is InChI=1S/C18H16N2O3/c21-15-9-10(16(22)12-5-2-1-4-11(12)15)8-14-13-6-3-7-19-17(13)20-18(14)23/h3,6-9,21-22H,1-2,4-5H2,(H,19,20,23). The van der Waals surface area contributed by atoms with Crippen molar-refractivity contribution in [2.24, 2.45) is 0 Å². The van der Waals surface area contributed by atoms with Crippen LogP contribution >= 0.6 is 0 Å². The Kier molecular flexibility index (Phi) is 3.08. The fraction of sp³-hybridized carbons (Fsp3) is 0.222. The van der Waals surface area contributed by atoms with E-state index in [9.17, 15) is 15.0 Å². The van der Waals surface area contributed by atoms with Crippen molar-refractivity contribution >= 4 is 23.4 Å². The molecule has 23 heavy (non-hydrogen) atoms. The average molecular weight is 308 g/mol. The van der Waals surface area contributed by atoms with Gasteiger partial charge in [0.25, 0.3) is 5.91 Å². The second-order valence-corrected chi connectivity index (χ2v) is 5.91. The van der Waals surface area contributed by atoms with Gasteiger partial charge in [0.05, 0.1) is 5.57 Å². The van der Waals surface area contributed by atoms with Crippen molar-refractivity contribution < 1.29 is 15.0 Å². The Morgan fingerprint density at radius 2 is 1.96 bits per heavy atom. The van der Waals surface area contributed by atoms with E-state index in [1.54, 1.807) is 24.4 Å². The molecule has 0 saturated heterocycles. The maximum atomic E-state index is 12.2. The highest BCUT2D eigenvalue weighted by Gasteiger charge is 2.26. The predicted octanol–water partition coefficient (Wildman–Crippen LogP) is 2.86. The molecule has 1 aliphatic carbocycles. The molecule has 0 unspecified atom stereocenters. The Bertz CT molecular complexity index is 856. The molecule has 5 heteroatoms. The molecule has 5 nitrogen and oxygen atoms in total. The van der Waals surface area contributed by atoms with Crippen LogP contribution in [0.25, 0.3) is 11.6 Å². The monoisotopic (exact) mass is 308 g/mol. The number of rotatable bonds is 1. The number of aromatic nitrogens is 1. The van der Waals surface area contributed by atoms with Crippen LogP contribution in [0.1, 0.15) is 35.1 Å². The van der Waals surface area contributed by atoms with E-state index in [1.807, 2.05) is 0 Å². The van der Waals surface area contributed by atoms with Crippen molar-refractivity contribution in [2.75, 3.05) is 5.32 Å². The maximum absolute atomic E-state index is 12.2. The van der Waals surface area contributed by atoms with E-state index in [1.165, 1.54) is 6.07 Å². The Labute approximate surface area is 133 Å². The zero-order valence-electron chi connectivity index (χ0n) is 12.5. The normalized spacial score (nSPS) is 17.7. The molecule has 2 aliphatic rings. The van der Waals surface area contributed by atoms with E-state index in [0.29, 0.717) is 22.5 Å². The molecule has 2 aromatic rings. The number of nitrogens with zero attached hydrogens (tertiary/aromatic N) is 1. The van der Waals surface area contributed by atoms with Gasteiger partial charge in [-0.15, -0.1) is 0 Å². The number of carbonyl (C=O) groups is 1. The second kappa shape index (κ2) is 5.12. The van der Waals surface area contributed by atoms with Gasteiger partial charge in [-0.1, -0.05) is 0 Å². The van der Waals surface area contributed by atoms with E-state index < -0.39 is 0 Å². The fourth-order valence-corrected chi connectivity index (χ4v) is 3.35. The minimum absolute atomic E-state index is 0.162. The Morgan fingerprint density at radius 1 is 1.17 bits per heavy atom. The Hall–Kier alpha value is -2.82. The first-order valence-corrected chi connectivity index (χ1v) is 7.70. The summed E-state index contributed by atoms with van der Waals surface area (Å²) in [5, 5.41) is 23.5. The van der Waals surface area contributed by atoms with Gasteiger partial charge in [0.2, 0.25) is 0 Å². The summed E-state index contributed by atoms with van der Waals surface area (Å²) in [5.41, 5.74) is 3.24. The van der Waals surface area contributed by atoms with Gasteiger partial charge in [0, 0.05) is 28.5 Å². The first kappa shape index (κ1) is 13.8. The van der Waals surface area contributed by atoms with Gasteiger partial charge < -0.3 is 15.5 Å². The van der Waals surface area contributed by atoms with E-state index in [0.717, 1.165) is 36.8 Å². The molecule has 0 saturated carbocycles. The summed E-state index contributed by atoms with van der Waals surface area (Å²) in [6.07, 6.45) is 6.76. The van der Waals surface area contributed by atoms with Gasteiger partial charge in [-0.2, -0.15) is 0 Å². The number of phenolic OH excluding ortho intramolecular Hbond substituents is 2. The van der Waals surface area contributed by atoms with Crippen molar-refractivity contribution in [1.82, 2.24) is 4.98 Å². The first-order chi connectivity index (χ1) is 11.1. The highest BCUT2D eigenvalue weighted by molar-refractivity contribution is 6.34. The lowest BCUT2D eigenvalue weighted by atomic mass is 9.88. The van der Waals surface area contributed by atoms with Crippen LogP contribution in [0.4, 0.5) is 5.82 Å². The molecule has 1 aromatic heterocycles. The molecule has 0 fully saturated rings. The number of nitrogens with one attached hydrogen (secondary N) is 1. The minimum Gasteiger partial charge on any atom is -0.508 e. The molecule has 116 valence electrons.